The van der Waals surface area contributed by atoms with Crippen LogP contribution in [-0.2, 0) is 0 Å². The third-order valence-corrected chi connectivity index (χ3v) is 4.65. The van der Waals surface area contributed by atoms with Crippen molar-refractivity contribution in [1.82, 2.24) is 14.9 Å². The normalized spacial score (nSPS) is 13.8. The van der Waals surface area contributed by atoms with Crippen LogP contribution >= 0.6 is 11.8 Å². The summed E-state index contributed by atoms with van der Waals surface area (Å²) in [5.74, 6) is 0.178. The third kappa shape index (κ3) is 2.41. The lowest BCUT2D eigenvalue weighted by molar-refractivity contribution is 0.0664. The van der Waals surface area contributed by atoms with Gasteiger partial charge < -0.3 is 4.98 Å². The standard InChI is InChI=1S/C17H13N3O2S/c21-15-11-5-1-2-6-12(11)16(22)20(15)9-10-23-17-18-13-7-3-4-8-14(13)19-17/h1-8H,9-10H2,(H,18,19). The summed E-state index contributed by atoms with van der Waals surface area (Å²) in [4.78, 5) is 33.5. The van der Waals surface area contributed by atoms with Crippen LogP contribution in [0, 0.1) is 0 Å². The molecule has 0 atom stereocenters. The molecule has 1 aliphatic rings. The summed E-state index contributed by atoms with van der Waals surface area (Å²) in [5.41, 5.74) is 2.88. The molecular formula is C17H13N3O2S. The Bertz CT molecular complexity index is 851. The van der Waals surface area contributed by atoms with Crippen LogP contribution in [0.5, 0.6) is 0 Å². The average molecular weight is 323 g/mol. The molecule has 1 aliphatic heterocycles. The molecule has 6 heteroatoms. The molecule has 4 rings (SSSR count). The van der Waals surface area contributed by atoms with Crippen LogP contribution in [0.1, 0.15) is 20.7 Å². The number of nitrogens with one attached hydrogen (secondary N) is 1. The van der Waals surface area contributed by atoms with Gasteiger partial charge in [0.2, 0.25) is 0 Å². The minimum atomic E-state index is -0.212. The quantitative estimate of drug-likeness (QED) is 0.592. The number of imidazole rings is 1. The number of benzene rings is 2. The van der Waals surface area contributed by atoms with Gasteiger partial charge in [-0.2, -0.15) is 0 Å². The predicted octanol–water partition coefficient (Wildman–Crippen LogP) is 2.95. The molecule has 2 aromatic carbocycles. The van der Waals surface area contributed by atoms with Crippen LogP contribution in [0.3, 0.4) is 0 Å². The van der Waals surface area contributed by atoms with Gasteiger partial charge in [-0.05, 0) is 24.3 Å². The Hall–Kier alpha value is -2.60. The highest BCUT2D eigenvalue weighted by Crippen LogP contribution is 2.24. The molecule has 5 nitrogen and oxygen atoms in total. The number of imide groups is 1. The summed E-state index contributed by atoms with van der Waals surface area (Å²) in [7, 11) is 0. The van der Waals surface area contributed by atoms with Gasteiger partial charge in [-0.3, -0.25) is 14.5 Å². The van der Waals surface area contributed by atoms with E-state index in [4.69, 9.17) is 0 Å². The third-order valence-electron chi connectivity index (χ3n) is 3.80. The number of para-hydroxylation sites is 2. The molecule has 0 aliphatic carbocycles. The number of carbonyl (C=O) groups excluding carboxylic acids is 2. The van der Waals surface area contributed by atoms with Crippen molar-refractivity contribution in [2.24, 2.45) is 0 Å². The van der Waals surface area contributed by atoms with Crippen molar-refractivity contribution < 1.29 is 9.59 Å². The lowest BCUT2D eigenvalue weighted by Crippen LogP contribution is -2.31. The first kappa shape index (κ1) is 14.0. The summed E-state index contributed by atoms with van der Waals surface area (Å²) < 4.78 is 0. The number of aromatic nitrogens is 2. The summed E-state index contributed by atoms with van der Waals surface area (Å²) in [6, 6.07) is 14.7. The molecule has 3 aromatic rings. The number of nitrogens with zero attached hydrogens (tertiary/aromatic N) is 2. The van der Waals surface area contributed by atoms with Crippen molar-refractivity contribution >= 4 is 34.6 Å². The highest BCUT2D eigenvalue weighted by Gasteiger charge is 2.34. The lowest BCUT2D eigenvalue weighted by Gasteiger charge is -2.12. The van der Waals surface area contributed by atoms with Crippen molar-refractivity contribution in [3.63, 3.8) is 0 Å². The molecule has 1 aromatic heterocycles. The lowest BCUT2D eigenvalue weighted by atomic mass is 10.1. The monoisotopic (exact) mass is 323 g/mol. The predicted molar refractivity (Wildman–Crippen MR) is 88.6 cm³/mol. The second-order valence-electron chi connectivity index (χ2n) is 5.22. The largest absolute Gasteiger partial charge is 0.333 e. The van der Waals surface area contributed by atoms with Crippen molar-refractivity contribution in [2.45, 2.75) is 5.16 Å². The average Bonchev–Trinajstić information content (AvgIpc) is 3.09. The van der Waals surface area contributed by atoms with Gasteiger partial charge in [-0.25, -0.2) is 4.98 Å². The molecule has 0 spiro atoms. The van der Waals surface area contributed by atoms with E-state index in [0.29, 0.717) is 23.4 Å². The van der Waals surface area contributed by atoms with Crippen molar-refractivity contribution in [1.29, 1.82) is 0 Å². The van der Waals surface area contributed by atoms with Crippen molar-refractivity contribution in [3.8, 4) is 0 Å². The Balaban J connectivity index is 1.44. The fourth-order valence-corrected chi connectivity index (χ4v) is 3.49. The maximum atomic E-state index is 12.3. The maximum absolute atomic E-state index is 12.3. The molecule has 0 bridgehead atoms. The molecule has 0 radical (unpaired) electrons. The zero-order chi connectivity index (χ0) is 15.8. The highest BCUT2D eigenvalue weighted by atomic mass is 32.2. The van der Waals surface area contributed by atoms with Crippen molar-refractivity contribution in [2.75, 3.05) is 12.3 Å². The maximum Gasteiger partial charge on any atom is 0.261 e. The van der Waals surface area contributed by atoms with E-state index >= 15 is 0 Å². The van der Waals surface area contributed by atoms with E-state index in [1.54, 1.807) is 24.3 Å². The highest BCUT2D eigenvalue weighted by molar-refractivity contribution is 7.99. The Morgan fingerprint density at radius 2 is 1.61 bits per heavy atom. The minimum absolute atomic E-state index is 0.212. The van der Waals surface area contributed by atoms with E-state index in [1.807, 2.05) is 24.3 Å². The van der Waals surface area contributed by atoms with Crippen LogP contribution in [0.15, 0.2) is 53.7 Å². The van der Waals surface area contributed by atoms with Crippen LogP contribution in [0.4, 0.5) is 0 Å². The molecule has 2 heterocycles. The molecule has 0 fully saturated rings. The zero-order valence-corrected chi connectivity index (χ0v) is 13.0. The number of aromatic amines is 1. The second kappa shape index (κ2) is 5.55. The molecule has 0 saturated heterocycles. The van der Waals surface area contributed by atoms with Gasteiger partial charge in [-0.15, -0.1) is 0 Å². The first-order valence-corrected chi connectivity index (χ1v) is 8.25. The molecule has 2 amide bonds. The van der Waals surface area contributed by atoms with Crippen LogP contribution in [0.25, 0.3) is 11.0 Å². The van der Waals surface area contributed by atoms with E-state index in [-0.39, 0.29) is 11.8 Å². The fraction of sp³-hybridized carbons (Fsp3) is 0.118. The Morgan fingerprint density at radius 1 is 0.957 bits per heavy atom. The van der Waals surface area contributed by atoms with E-state index in [9.17, 15) is 9.59 Å². The molecule has 0 saturated carbocycles. The summed E-state index contributed by atoms with van der Waals surface area (Å²) in [6.45, 7) is 0.369. The summed E-state index contributed by atoms with van der Waals surface area (Å²) in [5, 5.41) is 0.794. The van der Waals surface area contributed by atoms with Crippen LogP contribution in [-0.4, -0.2) is 39.0 Å². The van der Waals surface area contributed by atoms with E-state index < -0.39 is 0 Å². The first-order valence-electron chi connectivity index (χ1n) is 7.27. The van der Waals surface area contributed by atoms with E-state index in [1.165, 1.54) is 16.7 Å². The molecule has 0 unspecified atom stereocenters. The van der Waals surface area contributed by atoms with Crippen LogP contribution in [0.2, 0.25) is 0 Å². The van der Waals surface area contributed by atoms with E-state index in [0.717, 1.165) is 16.2 Å². The minimum Gasteiger partial charge on any atom is -0.333 e. The first-order chi connectivity index (χ1) is 11.2. The van der Waals surface area contributed by atoms with Gasteiger partial charge in [-0.1, -0.05) is 36.0 Å². The van der Waals surface area contributed by atoms with Gasteiger partial charge in [0.25, 0.3) is 11.8 Å². The number of carbonyl (C=O) groups is 2. The number of H-pyrrole nitrogens is 1. The van der Waals surface area contributed by atoms with E-state index in [2.05, 4.69) is 9.97 Å². The molecule has 114 valence electrons. The molecular weight excluding hydrogens is 310 g/mol. The number of thioether (sulfide) groups is 1. The number of amides is 2. The number of rotatable bonds is 4. The summed E-state index contributed by atoms with van der Waals surface area (Å²) in [6.07, 6.45) is 0. The number of hydrogen-bond donors (Lipinski definition) is 1. The fourth-order valence-electron chi connectivity index (χ4n) is 2.67. The Morgan fingerprint density at radius 3 is 2.30 bits per heavy atom. The number of fused-ring (bicyclic) bond motifs is 2. The topological polar surface area (TPSA) is 66.1 Å². The van der Waals surface area contributed by atoms with Gasteiger partial charge in [0.15, 0.2) is 5.16 Å². The van der Waals surface area contributed by atoms with Gasteiger partial charge in [0.1, 0.15) is 0 Å². The van der Waals surface area contributed by atoms with Crippen LogP contribution < -0.4 is 0 Å². The second-order valence-corrected chi connectivity index (χ2v) is 6.30. The smallest absolute Gasteiger partial charge is 0.261 e. The zero-order valence-electron chi connectivity index (χ0n) is 12.2. The SMILES string of the molecule is O=C1c2ccccc2C(=O)N1CCSc1nc2ccccc2[nH]1. The Kier molecular flexibility index (Phi) is 3.38. The summed E-state index contributed by atoms with van der Waals surface area (Å²) >= 11 is 1.50. The molecule has 23 heavy (non-hydrogen) atoms. The molecule has 1 N–H and O–H groups in total. The van der Waals surface area contributed by atoms with Crippen molar-refractivity contribution in [3.05, 3.63) is 59.7 Å². The number of hydrogen-bond acceptors (Lipinski definition) is 4. The van der Waals surface area contributed by atoms with Gasteiger partial charge in [0.05, 0.1) is 22.2 Å². The van der Waals surface area contributed by atoms with Gasteiger partial charge >= 0.3 is 0 Å². The Labute approximate surface area is 136 Å². The van der Waals surface area contributed by atoms with Gasteiger partial charge in [0, 0.05) is 12.3 Å².